The van der Waals surface area contributed by atoms with Crippen LogP contribution >= 0.6 is 0 Å². The van der Waals surface area contributed by atoms with E-state index in [-0.39, 0.29) is 11.8 Å². The summed E-state index contributed by atoms with van der Waals surface area (Å²) in [5.74, 6) is -0.139. The molecule has 4 nitrogen and oxygen atoms in total. The number of carbonyl (C=O) groups is 2. The van der Waals surface area contributed by atoms with E-state index in [1.54, 1.807) is 14.0 Å². The molecule has 0 heterocycles. The number of hydrogen-bond donors (Lipinski definition) is 2. The molecule has 1 rings (SSSR count). The van der Waals surface area contributed by atoms with Gasteiger partial charge in [-0.15, -0.1) is 0 Å². The lowest BCUT2D eigenvalue weighted by Gasteiger charge is -2.14. The van der Waals surface area contributed by atoms with E-state index in [2.05, 4.69) is 10.6 Å². The molecule has 0 aromatic carbocycles. The molecule has 0 radical (unpaired) electrons. The molecule has 2 amide bonds. The molecule has 0 spiro atoms. The molecule has 0 bridgehead atoms. The standard InChI is InChI=1S/C8H14N2O2/c1-3-6(11)10-8(4-5-8)7(12)9-2/h3-5H2,1-2H3,(H,9,12)(H,10,11). The van der Waals surface area contributed by atoms with E-state index >= 15 is 0 Å². The smallest absolute Gasteiger partial charge is 0.245 e. The largest absolute Gasteiger partial charge is 0.357 e. The Kier molecular flexibility index (Phi) is 2.35. The molecular weight excluding hydrogens is 156 g/mol. The number of hydrogen-bond acceptors (Lipinski definition) is 2. The molecule has 2 N–H and O–H groups in total. The van der Waals surface area contributed by atoms with E-state index in [0.717, 1.165) is 12.8 Å². The van der Waals surface area contributed by atoms with Gasteiger partial charge < -0.3 is 10.6 Å². The minimum absolute atomic E-state index is 0.0592. The number of rotatable bonds is 3. The molecule has 1 saturated carbocycles. The first-order valence-electron chi connectivity index (χ1n) is 4.18. The van der Waals surface area contributed by atoms with Crippen LogP contribution in [0.15, 0.2) is 0 Å². The summed E-state index contributed by atoms with van der Waals surface area (Å²) in [4.78, 5) is 22.2. The maximum Gasteiger partial charge on any atom is 0.245 e. The Morgan fingerprint density at radius 1 is 1.42 bits per heavy atom. The van der Waals surface area contributed by atoms with Crippen molar-refractivity contribution in [2.24, 2.45) is 0 Å². The van der Waals surface area contributed by atoms with Gasteiger partial charge in [0.25, 0.3) is 0 Å². The molecule has 0 unspecified atom stereocenters. The molecule has 0 aromatic rings. The van der Waals surface area contributed by atoms with Crippen molar-refractivity contribution in [1.82, 2.24) is 10.6 Å². The quantitative estimate of drug-likeness (QED) is 0.615. The van der Waals surface area contributed by atoms with Gasteiger partial charge >= 0.3 is 0 Å². The van der Waals surface area contributed by atoms with Crippen LogP contribution in [0.3, 0.4) is 0 Å². The first-order chi connectivity index (χ1) is 5.64. The van der Waals surface area contributed by atoms with Crippen LogP contribution in [0, 0.1) is 0 Å². The van der Waals surface area contributed by atoms with Crippen molar-refractivity contribution in [3.05, 3.63) is 0 Å². The molecule has 1 fully saturated rings. The fraction of sp³-hybridized carbons (Fsp3) is 0.750. The predicted octanol–water partition coefficient (Wildman–Crippen LogP) is -0.209. The van der Waals surface area contributed by atoms with Gasteiger partial charge in [-0.1, -0.05) is 6.92 Å². The van der Waals surface area contributed by atoms with Gasteiger partial charge in [-0.05, 0) is 12.8 Å². The van der Waals surface area contributed by atoms with Crippen molar-refractivity contribution in [2.75, 3.05) is 7.05 Å². The van der Waals surface area contributed by atoms with Crippen LogP contribution in [0.1, 0.15) is 26.2 Å². The average Bonchev–Trinajstić information content (AvgIpc) is 2.84. The summed E-state index contributed by atoms with van der Waals surface area (Å²) in [6.45, 7) is 1.77. The number of likely N-dealkylation sites (N-methyl/N-ethyl adjacent to an activating group) is 1. The van der Waals surface area contributed by atoms with Gasteiger partial charge in [-0.25, -0.2) is 0 Å². The Morgan fingerprint density at radius 3 is 2.33 bits per heavy atom. The highest BCUT2D eigenvalue weighted by molar-refractivity contribution is 5.93. The predicted molar refractivity (Wildman–Crippen MR) is 44.5 cm³/mol. The van der Waals surface area contributed by atoms with Gasteiger partial charge in [0, 0.05) is 13.5 Å². The van der Waals surface area contributed by atoms with Crippen LogP contribution in [0.2, 0.25) is 0 Å². The zero-order valence-corrected chi connectivity index (χ0v) is 7.44. The number of carbonyl (C=O) groups excluding carboxylic acids is 2. The maximum atomic E-state index is 11.2. The zero-order chi connectivity index (χ0) is 9.19. The lowest BCUT2D eigenvalue weighted by atomic mass is 10.2. The fourth-order valence-electron chi connectivity index (χ4n) is 1.13. The van der Waals surface area contributed by atoms with E-state index in [0.29, 0.717) is 6.42 Å². The topological polar surface area (TPSA) is 58.2 Å². The van der Waals surface area contributed by atoms with Crippen molar-refractivity contribution in [3.63, 3.8) is 0 Å². The SMILES string of the molecule is CCC(=O)NC1(C(=O)NC)CC1. The molecule has 0 atom stereocenters. The van der Waals surface area contributed by atoms with E-state index < -0.39 is 5.54 Å². The second-order valence-electron chi connectivity index (χ2n) is 3.06. The third kappa shape index (κ3) is 1.57. The molecule has 12 heavy (non-hydrogen) atoms. The highest BCUT2D eigenvalue weighted by Gasteiger charge is 2.50. The molecule has 4 heteroatoms. The minimum Gasteiger partial charge on any atom is -0.357 e. The minimum atomic E-state index is -0.568. The average molecular weight is 170 g/mol. The Bertz CT molecular complexity index is 209. The fourth-order valence-corrected chi connectivity index (χ4v) is 1.13. The normalized spacial score (nSPS) is 18.2. The molecule has 0 aromatic heterocycles. The summed E-state index contributed by atoms with van der Waals surface area (Å²) in [6.07, 6.45) is 1.95. The molecule has 1 aliphatic rings. The summed E-state index contributed by atoms with van der Waals surface area (Å²) >= 11 is 0. The van der Waals surface area contributed by atoms with Gasteiger partial charge in [-0.3, -0.25) is 9.59 Å². The Labute approximate surface area is 71.7 Å². The van der Waals surface area contributed by atoms with Crippen LogP contribution in [-0.2, 0) is 9.59 Å². The van der Waals surface area contributed by atoms with E-state index in [4.69, 9.17) is 0 Å². The highest BCUT2D eigenvalue weighted by Crippen LogP contribution is 2.35. The van der Waals surface area contributed by atoms with Crippen LogP contribution in [0.5, 0.6) is 0 Å². The second-order valence-corrected chi connectivity index (χ2v) is 3.06. The van der Waals surface area contributed by atoms with Crippen molar-refractivity contribution in [2.45, 2.75) is 31.7 Å². The highest BCUT2D eigenvalue weighted by atomic mass is 16.2. The van der Waals surface area contributed by atoms with Crippen LogP contribution < -0.4 is 10.6 Å². The third-order valence-electron chi connectivity index (χ3n) is 2.11. The number of nitrogens with one attached hydrogen (secondary N) is 2. The maximum absolute atomic E-state index is 11.2. The van der Waals surface area contributed by atoms with Crippen molar-refractivity contribution < 1.29 is 9.59 Å². The van der Waals surface area contributed by atoms with Gasteiger partial charge in [0.2, 0.25) is 11.8 Å². The Hall–Kier alpha value is -1.06. The van der Waals surface area contributed by atoms with Crippen molar-refractivity contribution in [3.8, 4) is 0 Å². The Morgan fingerprint density at radius 2 is 2.00 bits per heavy atom. The number of amides is 2. The van der Waals surface area contributed by atoms with E-state index in [1.807, 2.05) is 0 Å². The summed E-state index contributed by atoms with van der Waals surface area (Å²) in [5.41, 5.74) is -0.568. The van der Waals surface area contributed by atoms with Gasteiger partial charge in [0.1, 0.15) is 5.54 Å². The van der Waals surface area contributed by atoms with Crippen LogP contribution in [0.25, 0.3) is 0 Å². The van der Waals surface area contributed by atoms with Gasteiger partial charge in [0.15, 0.2) is 0 Å². The molecular formula is C8H14N2O2. The Balaban J connectivity index is 2.50. The van der Waals surface area contributed by atoms with Crippen molar-refractivity contribution >= 4 is 11.8 Å². The lowest BCUT2D eigenvalue weighted by Crippen LogP contribution is -2.47. The summed E-state index contributed by atoms with van der Waals surface area (Å²) in [5, 5.41) is 5.26. The van der Waals surface area contributed by atoms with E-state index in [9.17, 15) is 9.59 Å². The van der Waals surface area contributed by atoms with Gasteiger partial charge in [-0.2, -0.15) is 0 Å². The van der Waals surface area contributed by atoms with Gasteiger partial charge in [0.05, 0.1) is 0 Å². The van der Waals surface area contributed by atoms with E-state index in [1.165, 1.54) is 0 Å². The molecule has 1 aliphatic carbocycles. The van der Waals surface area contributed by atoms with Crippen LogP contribution in [0.4, 0.5) is 0 Å². The molecule has 0 aliphatic heterocycles. The first-order valence-corrected chi connectivity index (χ1v) is 4.18. The zero-order valence-electron chi connectivity index (χ0n) is 7.44. The van der Waals surface area contributed by atoms with Crippen molar-refractivity contribution in [1.29, 1.82) is 0 Å². The molecule has 68 valence electrons. The third-order valence-corrected chi connectivity index (χ3v) is 2.11. The monoisotopic (exact) mass is 170 g/mol. The first kappa shape index (κ1) is 9.03. The summed E-state index contributed by atoms with van der Waals surface area (Å²) in [7, 11) is 1.58. The summed E-state index contributed by atoms with van der Waals surface area (Å²) < 4.78 is 0. The summed E-state index contributed by atoms with van der Waals surface area (Å²) in [6, 6.07) is 0. The second kappa shape index (κ2) is 3.13. The molecule has 0 saturated heterocycles. The lowest BCUT2D eigenvalue weighted by molar-refractivity contribution is -0.129. The van der Waals surface area contributed by atoms with Crippen LogP contribution in [-0.4, -0.2) is 24.4 Å².